The Hall–Kier alpha value is -3.08. The summed E-state index contributed by atoms with van der Waals surface area (Å²) in [6, 6.07) is 7.06. The lowest BCUT2D eigenvalue weighted by atomic mass is 9.98. The minimum absolute atomic E-state index is 0.107. The van der Waals surface area contributed by atoms with Gasteiger partial charge in [-0.3, -0.25) is 19.4 Å². The molecule has 2 aromatic rings. The Kier molecular flexibility index (Phi) is 7.68. The van der Waals surface area contributed by atoms with Crippen LogP contribution in [-0.4, -0.2) is 65.6 Å². The van der Waals surface area contributed by atoms with Crippen molar-refractivity contribution in [3.63, 3.8) is 0 Å². The zero-order chi connectivity index (χ0) is 25.9. The van der Waals surface area contributed by atoms with Gasteiger partial charge in [-0.05, 0) is 42.9 Å². The van der Waals surface area contributed by atoms with Crippen molar-refractivity contribution in [1.29, 1.82) is 0 Å². The van der Waals surface area contributed by atoms with E-state index in [-0.39, 0.29) is 24.3 Å². The SMILES string of the molecule is CCC(CNC(=O)c1sc(C2=CCOCC2)nc1C)C(=O)N[C@@H]1C(=O)N2CCCN2Cc2ccccc21. The summed E-state index contributed by atoms with van der Waals surface area (Å²) < 4.78 is 5.37. The summed E-state index contributed by atoms with van der Waals surface area (Å²) in [5, 5.41) is 10.6. The zero-order valence-corrected chi connectivity index (χ0v) is 22.1. The van der Waals surface area contributed by atoms with E-state index in [0.717, 1.165) is 41.1 Å². The first-order valence-electron chi connectivity index (χ1n) is 12.9. The highest BCUT2D eigenvalue weighted by atomic mass is 32.1. The molecule has 3 amide bonds. The van der Waals surface area contributed by atoms with Gasteiger partial charge in [0, 0.05) is 26.2 Å². The quantitative estimate of drug-likeness (QED) is 0.579. The number of fused-ring (bicyclic) bond motifs is 2. The number of thiazole rings is 1. The first-order chi connectivity index (χ1) is 18.0. The Morgan fingerprint density at radius 1 is 1.27 bits per heavy atom. The number of carbonyl (C=O) groups is 3. The van der Waals surface area contributed by atoms with Crippen LogP contribution in [0, 0.1) is 12.8 Å². The number of hydrogen-bond acceptors (Lipinski definition) is 7. The Morgan fingerprint density at radius 2 is 2.11 bits per heavy atom. The highest BCUT2D eigenvalue weighted by molar-refractivity contribution is 7.14. The second-order valence-electron chi connectivity index (χ2n) is 9.65. The number of aromatic nitrogens is 1. The molecule has 196 valence electrons. The molecule has 2 atom stereocenters. The van der Waals surface area contributed by atoms with Crippen molar-refractivity contribution in [2.45, 2.75) is 45.7 Å². The van der Waals surface area contributed by atoms with Crippen LogP contribution in [0.4, 0.5) is 0 Å². The Labute approximate surface area is 220 Å². The predicted octanol–water partition coefficient (Wildman–Crippen LogP) is 2.83. The summed E-state index contributed by atoms with van der Waals surface area (Å²) in [5.41, 5.74) is 3.67. The van der Waals surface area contributed by atoms with Crippen LogP contribution < -0.4 is 10.6 Å². The average molecular weight is 524 g/mol. The summed E-state index contributed by atoms with van der Waals surface area (Å²) >= 11 is 1.37. The monoisotopic (exact) mass is 523 g/mol. The van der Waals surface area contributed by atoms with Gasteiger partial charge in [-0.2, -0.15) is 0 Å². The maximum absolute atomic E-state index is 13.4. The molecule has 0 aliphatic carbocycles. The third kappa shape index (κ3) is 5.32. The van der Waals surface area contributed by atoms with E-state index in [9.17, 15) is 14.4 Å². The highest BCUT2D eigenvalue weighted by Gasteiger charge is 2.38. The zero-order valence-electron chi connectivity index (χ0n) is 21.3. The van der Waals surface area contributed by atoms with Gasteiger partial charge in [0.25, 0.3) is 11.8 Å². The van der Waals surface area contributed by atoms with Crippen LogP contribution in [0.1, 0.15) is 63.7 Å². The minimum Gasteiger partial charge on any atom is -0.377 e. The lowest BCUT2D eigenvalue weighted by molar-refractivity contribution is -0.148. The number of benzene rings is 1. The molecular weight excluding hydrogens is 490 g/mol. The molecule has 1 aromatic carbocycles. The minimum atomic E-state index is -0.740. The summed E-state index contributed by atoms with van der Waals surface area (Å²) in [5.74, 6) is -1.04. The summed E-state index contributed by atoms with van der Waals surface area (Å²) in [6.45, 7) is 7.28. The fourth-order valence-corrected chi connectivity index (χ4v) is 6.15. The van der Waals surface area contributed by atoms with Gasteiger partial charge in [-0.1, -0.05) is 37.3 Å². The molecule has 0 bridgehead atoms. The van der Waals surface area contributed by atoms with Gasteiger partial charge in [-0.25, -0.2) is 9.99 Å². The van der Waals surface area contributed by atoms with Gasteiger partial charge in [0.05, 0.1) is 24.8 Å². The van der Waals surface area contributed by atoms with Crippen molar-refractivity contribution in [3.8, 4) is 0 Å². The number of rotatable bonds is 7. The van der Waals surface area contributed by atoms with E-state index >= 15 is 0 Å². The molecule has 1 saturated heterocycles. The van der Waals surface area contributed by atoms with E-state index in [2.05, 4.69) is 20.6 Å². The van der Waals surface area contributed by atoms with Crippen molar-refractivity contribution in [2.75, 3.05) is 32.8 Å². The average Bonchev–Trinajstić information content (AvgIpc) is 3.52. The topological polar surface area (TPSA) is 104 Å². The van der Waals surface area contributed by atoms with Crippen molar-refractivity contribution < 1.29 is 19.1 Å². The smallest absolute Gasteiger partial charge is 0.264 e. The van der Waals surface area contributed by atoms with E-state index in [0.29, 0.717) is 43.3 Å². The second kappa shape index (κ2) is 11.1. The van der Waals surface area contributed by atoms with Crippen LogP contribution in [0.5, 0.6) is 0 Å². The van der Waals surface area contributed by atoms with Crippen LogP contribution in [-0.2, 0) is 20.9 Å². The van der Waals surface area contributed by atoms with Gasteiger partial charge in [0.1, 0.15) is 15.9 Å². The van der Waals surface area contributed by atoms with Crippen LogP contribution in [0.3, 0.4) is 0 Å². The van der Waals surface area contributed by atoms with Gasteiger partial charge in [0.15, 0.2) is 0 Å². The molecule has 10 heteroatoms. The Morgan fingerprint density at radius 3 is 2.89 bits per heavy atom. The Balaban J connectivity index is 1.26. The highest BCUT2D eigenvalue weighted by Crippen LogP contribution is 2.30. The lowest BCUT2D eigenvalue weighted by Gasteiger charge is -2.28. The Bertz CT molecular complexity index is 1230. The van der Waals surface area contributed by atoms with E-state index in [1.165, 1.54) is 11.3 Å². The number of nitrogens with zero attached hydrogens (tertiary/aromatic N) is 3. The van der Waals surface area contributed by atoms with Crippen molar-refractivity contribution in [2.24, 2.45) is 5.92 Å². The summed E-state index contributed by atoms with van der Waals surface area (Å²) in [7, 11) is 0. The third-order valence-electron chi connectivity index (χ3n) is 7.25. The molecule has 4 heterocycles. The molecule has 0 saturated carbocycles. The van der Waals surface area contributed by atoms with Gasteiger partial charge >= 0.3 is 0 Å². The van der Waals surface area contributed by atoms with E-state index in [4.69, 9.17) is 4.74 Å². The third-order valence-corrected chi connectivity index (χ3v) is 8.48. The molecule has 37 heavy (non-hydrogen) atoms. The molecule has 1 aromatic heterocycles. The van der Waals surface area contributed by atoms with Crippen LogP contribution >= 0.6 is 11.3 Å². The summed E-state index contributed by atoms with van der Waals surface area (Å²) in [4.78, 5) is 44.9. The van der Waals surface area contributed by atoms with Crippen molar-refractivity contribution in [3.05, 3.63) is 57.0 Å². The van der Waals surface area contributed by atoms with E-state index < -0.39 is 12.0 Å². The standard InChI is InChI=1S/C27H33N5O4S/c1-3-18(15-28-25(34)23-17(2)29-26(37-23)19-9-13-36-14-10-19)24(33)30-22-21-8-5-4-7-20(21)16-31-11-6-12-32(31)27(22)35/h4-5,7-9,18,22H,3,6,10-16H2,1-2H3,(H,28,34)(H,30,33)/t18?,22-/m0/s1. The number of nitrogens with one attached hydrogen (secondary N) is 2. The molecule has 1 fully saturated rings. The van der Waals surface area contributed by atoms with E-state index in [1.807, 2.05) is 44.2 Å². The van der Waals surface area contributed by atoms with E-state index in [1.54, 1.807) is 5.01 Å². The van der Waals surface area contributed by atoms with Crippen LogP contribution in [0.25, 0.3) is 5.57 Å². The molecule has 0 radical (unpaired) electrons. The molecule has 1 unspecified atom stereocenters. The fourth-order valence-electron chi connectivity index (χ4n) is 5.10. The molecule has 9 nitrogen and oxygen atoms in total. The number of aryl methyl sites for hydroxylation is 1. The summed E-state index contributed by atoms with van der Waals surface area (Å²) in [6.07, 6.45) is 4.24. The first kappa shape index (κ1) is 25.6. The van der Waals surface area contributed by atoms with Crippen LogP contribution in [0.15, 0.2) is 30.3 Å². The number of hydrogen-bond donors (Lipinski definition) is 2. The molecule has 2 N–H and O–H groups in total. The van der Waals surface area contributed by atoms with Gasteiger partial charge in [0.2, 0.25) is 5.91 Å². The predicted molar refractivity (Wildman–Crippen MR) is 140 cm³/mol. The van der Waals surface area contributed by atoms with Gasteiger partial charge in [-0.15, -0.1) is 11.3 Å². The number of carbonyl (C=O) groups excluding carboxylic acids is 3. The fraction of sp³-hybridized carbons (Fsp3) is 0.481. The maximum Gasteiger partial charge on any atom is 0.264 e. The number of amides is 3. The van der Waals surface area contributed by atoms with Crippen molar-refractivity contribution >= 4 is 34.6 Å². The molecular formula is C27H33N5O4S. The van der Waals surface area contributed by atoms with Crippen LogP contribution in [0.2, 0.25) is 0 Å². The first-order valence-corrected chi connectivity index (χ1v) is 13.7. The van der Waals surface area contributed by atoms with Crippen molar-refractivity contribution in [1.82, 2.24) is 25.6 Å². The van der Waals surface area contributed by atoms with Gasteiger partial charge < -0.3 is 15.4 Å². The molecule has 3 aliphatic heterocycles. The second-order valence-corrected chi connectivity index (χ2v) is 10.6. The largest absolute Gasteiger partial charge is 0.377 e. The normalized spacial score (nSPS) is 20.5. The lowest BCUT2D eigenvalue weighted by Crippen LogP contribution is -2.47. The number of ether oxygens (including phenoxy) is 1. The maximum atomic E-state index is 13.4. The molecule has 0 spiro atoms. The molecule has 3 aliphatic rings. The number of hydrazine groups is 1. The molecule has 5 rings (SSSR count).